The summed E-state index contributed by atoms with van der Waals surface area (Å²) < 4.78 is 33.3. The van der Waals surface area contributed by atoms with Crippen LogP contribution in [0.25, 0.3) is 5.65 Å². The number of hydrogen-bond donors (Lipinski definition) is 0. The standard InChI is InChI=1S/C7H6Cl2N4O4S/c1-16-3-4(8)10-7(17-2)13-5(3)11-6(12-13)18(9,14)15/h1-2H3. The van der Waals surface area contributed by atoms with Crippen LogP contribution in [0.15, 0.2) is 5.16 Å². The maximum atomic E-state index is 11.2. The number of rotatable bonds is 3. The van der Waals surface area contributed by atoms with E-state index in [9.17, 15) is 8.42 Å². The molecule has 0 unspecified atom stereocenters. The Labute approximate surface area is 111 Å². The van der Waals surface area contributed by atoms with E-state index < -0.39 is 14.2 Å². The van der Waals surface area contributed by atoms with Gasteiger partial charge in [-0.25, -0.2) is 8.42 Å². The molecule has 0 N–H and O–H groups in total. The second kappa shape index (κ2) is 4.41. The summed E-state index contributed by atoms with van der Waals surface area (Å²) in [7, 11) is 3.73. The Bertz CT molecular complexity index is 714. The Morgan fingerprint density at radius 2 is 1.89 bits per heavy atom. The van der Waals surface area contributed by atoms with Gasteiger partial charge in [-0.15, -0.1) is 5.10 Å². The number of methoxy groups -OCH3 is 2. The van der Waals surface area contributed by atoms with Gasteiger partial charge in [-0.1, -0.05) is 11.6 Å². The van der Waals surface area contributed by atoms with Crippen LogP contribution in [0, 0.1) is 0 Å². The van der Waals surface area contributed by atoms with E-state index in [1.54, 1.807) is 0 Å². The lowest BCUT2D eigenvalue weighted by molar-refractivity contribution is 0.359. The Balaban J connectivity index is 2.88. The molecular weight excluding hydrogens is 307 g/mol. The lowest BCUT2D eigenvalue weighted by atomic mass is 10.5. The molecule has 0 aliphatic rings. The van der Waals surface area contributed by atoms with Crippen LogP contribution in [0.3, 0.4) is 0 Å². The summed E-state index contributed by atoms with van der Waals surface area (Å²) in [5.74, 6) is 0.0662. The van der Waals surface area contributed by atoms with Crippen molar-refractivity contribution < 1.29 is 17.9 Å². The second-order valence-corrected chi connectivity index (χ2v) is 5.81. The van der Waals surface area contributed by atoms with Gasteiger partial charge in [-0.3, -0.25) is 0 Å². The maximum absolute atomic E-state index is 11.2. The zero-order valence-electron chi connectivity index (χ0n) is 9.09. The monoisotopic (exact) mass is 312 g/mol. The van der Waals surface area contributed by atoms with E-state index in [0.717, 1.165) is 4.52 Å². The number of hydrogen-bond acceptors (Lipinski definition) is 7. The Morgan fingerprint density at radius 3 is 2.39 bits per heavy atom. The van der Waals surface area contributed by atoms with Crippen LogP contribution in [0.5, 0.6) is 11.8 Å². The average molecular weight is 313 g/mol. The fourth-order valence-electron chi connectivity index (χ4n) is 1.26. The number of nitrogens with zero attached hydrogens (tertiary/aromatic N) is 4. The first-order chi connectivity index (χ1) is 8.38. The van der Waals surface area contributed by atoms with Gasteiger partial charge in [0.25, 0.3) is 14.2 Å². The molecule has 0 aliphatic heterocycles. The Morgan fingerprint density at radius 1 is 1.22 bits per heavy atom. The lowest BCUT2D eigenvalue weighted by Crippen LogP contribution is -2.02. The van der Waals surface area contributed by atoms with Crippen molar-refractivity contribution in [2.45, 2.75) is 5.16 Å². The molecule has 0 saturated heterocycles. The van der Waals surface area contributed by atoms with Gasteiger partial charge in [0.15, 0.2) is 5.15 Å². The predicted octanol–water partition coefficient (Wildman–Crippen LogP) is 0.722. The van der Waals surface area contributed by atoms with Crippen molar-refractivity contribution in [2.24, 2.45) is 0 Å². The highest BCUT2D eigenvalue weighted by molar-refractivity contribution is 8.13. The predicted molar refractivity (Wildman–Crippen MR) is 61.9 cm³/mol. The first-order valence-corrected chi connectivity index (χ1v) is 7.06. The highest BCUT2D eigenvalue weighted by atomic mass is 35.7. The SMILES string of the molecule is COc1c(Cl)nc(OC)n2nc(S(=O)(=O)Cl)nc12. The summed E-state index contributed by atoms with van der Waals surface area (Å²) in [5, 5.41) is 3.04. The summed E-state index contributed by atoms with van der Waals surface area (Å²) >= 11 is 5.83. The molecule has 2 aromatic rings. The molecule has 0 aromatic carbocycles. The molecule has 18 heavy (non-hydrogen) atoms. The zero-order valence-corrected chi connectivity index (χ0v) is 11.4. The van der Waals surface area contributed by atoms with E-state index in [2.05, 4.69) is 15.1 Å². The van der Waals surface area contributed by atoms with Crippen molar-refractivity contribution in [3.05, 3.63) is 5.15 Å². The highest BCUT2D eigenvalue weighted by Gasteiger charge is 2.23. The summed E-state index contributed by atoms with van der Waals surface area (Å²) in [6.07, 6.45) is 0. The molecule has 0 saturated carbocycles. The molecule has 0 amide bonds. The van der Waals surface area contributed by atoms with Gasteiger partial charge in [0.05, 0.1) is 14.2 Å². The molecule has 0 aliphatic carbocycles. The molecule has 0 fully saturated rings. The van der Waals surface area contributed by atoms with Crippen molar-refractivity contribution in [3.8, 4) is 11.8 Å². The van der Waals surface area contributed by atoms with E-state index in [0.29, 0.717) is 0 Å². The van der Waals surface area contributed by atoms with Gasteiger partial charge < -0.3 is 9.47 Å². The molecule has 2 rings (SSSR count). The minimum absolute atomic E-state index is 0.0345. The van der Waals surface area contributed by atoms with Gasteiger partial charge in [-0.2, -0.15) is 14.5 Å². The molecule has 0 radical (unpaired) electrons. The number of fused-ring (bicyclic) bond motifs is 1. The summed E-state index contributed by atoms with van der Waals surface area (Å²) in [4.78, 5) is 7.55. The molecule has 0 spiro atoms. The Kier molecular flexibility index (Phi) is 3.21. The molecule has 98 valence electrons. The van der Waals surface area contributed by atoms with Crippen LogP contribution < -0.4 is 9.47 Å². The van der Waals surface area contributed by atoms with Crippen LogP contribution in [0.1, 0.15) is 0 Å². The van der Waals surface area contributed by atoms with E-state index in [1.807, 2.05) is 0 Å². The topological polar surface area (TPSA) is 95.7 Å². The first kappa shape index (κ1) is 13.1. The van der Waals surface area contributed by atoms with Crippen LogP contribution in [-0.4, -0.2) is 42.2 Å². The van der Waals surface area contributed by atoms with Gasteiger partial charge >= 0.3 is 6.01 Å². The van der Waals surface area contributed by atoms with Crippen molar-refractivity contribution in [1.29, 1.82) is 0 Å². The van der Waals surface area contributed by atoms with Crippen LogP contribution in [0.2, 0.25) is 5.15 Å². The second-order valence-electron chi connectivity index (χ2n) is 2.99. The third-order valence-corrected chi connectivity index (χ3v) is 3.24. The summed E-state index contributed by atoms with van der Waals surface area (Å²) in [6.45, 7) is 0. The fourth-order valence-corrected chi connectivity index (χ4v) is 2.06. The average Bonchev–Trinajstić information content (AvgIpc) is 2.72. The first-order valence-electron chi connectivity index (χ1n) is 4.37. The largest absolute Gasteiger partial charge is 0.490 e. The third-order valence-electron chi connectivity index (χ3n) is 1.96. The molecule has 0 bridgehead atoms. The Hall–Kier alpha value is -1.32. The molecule has 2 heterocycles. The summed E-state index contributed by atoms with van der Waals surface area (Å²) in [5.41, 5.74) is 0.0357. The van der Waals surface area contributed by atoms with Crippen molar-refractivity contribution in [3.63, 3.8) is 0 Å². The van der Waals surface area contributed by atoms with Gasteiger partial charge in [0.2, 0.25) is 11.4 Å². The lowest BCUT2D eigenvalue weighted by Gasteiger charge is -2.06. The smallest absolute Gasteiger partial charge is 0.321 e. The fraction of sp³-hybridized carbons (Fsp3) is 0.286. The normalized spacial score (nSPS) is 11.8. The summed E-state index contributed by atoms with van der Waals surface area (Å²) in [6, 6.07) is -0.0464. The van der Waals surface area contributed by atoms with E-state index in [1.165, 1.54) is 14.2 Å². The van der Waals surface area contributed by atoms with Crippen molar-refractivity contribution in [2.75, 3.05) is 14.2 Å². The molecule has 8 nitrogen and oxygen atoms in total. The van der Waals surface area contributed by atoms with Gasteiger partial charge in [0, 0.05) is 10.7 Å². The van der Waals surface area contributed by atoms with Crippen LogP contribution in [-0.2, 0) is 9.05 Å². The minimum Gasteiger partial charge on any atom is -0.490 e. The number of halogens is 2. The minimum atomic E-state index is -4.08. The maximum Gasteiger partial charge on any atom is 0.321 e. The van der Waals surface area contributed by atoms with Gasteiger partial charge in [0.1, 0.15) is 0 Å². The number of aromatic nitrogens is 4. The molecule has 11 heteroatoms. The van der Waals surface area contributed by atoms with Gasteiger partial charge in [-0.05, 0) is 0 Å². The zero-order chi connectivity index (χ0) is 13.5. The molecular formula is C7H6Cl2N4O4S. The van der Waals surface area contributed by atoms with Crippen LogP contribution in [0.4, 0.5) is 0 Å². The van der Waals surface area contributed by atoms with E-state index in [-0.39, 0.29) is 22.6 Å². The quantitative estimate of drug-likeness (QED) is 0.608. The molecule has 2 aromatic heterocycles. The van der Waals surface area contributed by atoms with E-state index in [4.69, 9.17) is 31.8 Å². The third kappa shape index (κ3) is 2.04. The van der Waals surface area contributed by atoms with E-state index >= 15 is 0 Å². The molecule has 0 atom stereocenters. The number of ether oxygens (including phenoxy) is 2. The van der Waals surface area contributed by atoms with Crippen molar-refractivity contribution in [1.82, 2.24) is 19.6 Å². The van der Waals surface area contributed by atoms with Crippen LogP contribution >= 0.6 is 22.3 Å². The highest BCUT2D eigenvalue weighted by Crippen LogP contribution is 2.30. The van der Waals surface area contributed by atoms with Crippen molar-refractivity contribution >= 4 is 37.0 Å².